The lowest BCUT2D eigenvalue weighted by molar-refractivity contribution is 0.252. The molecule has 1 aliphatic rings. The fourth-order valence-electron chi connectivity index (χ4n) is 3.44. The van der Waals surface area contributed by atoms with Crippen LogP contribution in [0.25, 0.3) is 0 Å². The van der Waals surface area contributed by atoms with Gasteiger partial charge >= 0.3 is 0 Å². The highest BCUT2D eigenvalue weighted by molar-refractivity contribution is 5.34. The van der Waals surface area contributed by atoms with E-state index >= 15 is 0 Å². The van der Waals surface area contributed by atoms with Crippen molar-refractivity contribution in [3.63, 3.8) is 0 Å². The van der Waals surface area contributed by atoms with E-state index in [2.05, 4.69) is 6.92 Å². The van der Waals surface area contributed by atoms with E-state index in [1.165, 1.54) is 38.5 Å². The van der Waals surface area contributed by atoms with Gasteiger partial charge in [-0.05, 0) is 36.3 Å². The Morgan fingerprint density at radius 1 is 1.15 bits per heavy atom. The topological polar surface area (TPSA) is 23.8 Å². The zero-order chi connectivity index (χ0) is 14.4. The van der Waals surface area contributed by atoms with Gasteiger partial charge in [-0.25, -0.2) is 4.39 Å². The number of aryl methyl sites for hydroxylation is 1. The molecule has 1 aromatic rings. The molecule has 2 heteroatoms. The smallest absolute Gasteiger partial charge is 0.144 e. The van der Waals surface area contributed by atoms with Gasteiger partial charge in [0.2, 0.25) is 0 Å². The van der Waals surface area contributed by atoms with Crippen LogP contribution in [-0.2, 0) is 6.42 Å². The van der Waals surface area contributed by atoms with Crippen molar-refractivity contribution < 1.29 is 4.39 Å². The predicted molar refractivity (Wildman–Crippen MR) is 79.8 cm³/mol. The van der Waals surface area contributed by atoms with Crippen LogP contribution in [0.15, 0.2) is 18.2 Å². The Morgan fingerprint density at radius 3 is 2.40 bits per heavy atom. The van der Waals surface area contributed by atoms with E-state index in [-0.39, 0.29) is 11.4 Å². The number of rotatable bonds is 5. The number of hydrogen-bond donors (Lipinski definition) is 0. The van der Waals surface area contributed by atoms with Gasteiger partial charge in [-0.1, -0.05) is 57.6 Å². The monoisotopic (exact) mass is 273 g/mol. The van der Waals surface area contributed by atoms with Crippen LogP contribution >= 0.6 is 0 Å². The normalized spacial score (nSPS) is 22.4. The van der Waals surface area contributed by atoms with E-state index in [1.54, 1.807) is 12.1 Å². The van der Waals surface area contributed by atoms with Crippen molar-refractivity contribution >= 4 is 0 Å². The molecule has 0 heterocycles. The predicted octanol–water partition coefficient (Wildman–Crippen LogP) is 5.24. The molecule has 1 aliphatic carbocycles. The molecule has 1 nitrogen and oxygen atoms in total. The van der Waals surface area contributed by atoms with E-state index in [4.69, 9.17) is 5.26 Å². The first-order valence-electron chi connectivity index (χ1n) is 7.92. The van der Waals surface area contributed by atoms with Gasteiger partial charge in [0.05, 0.1) is 5.56 Å². The summed E-state index contributed by atoms with van der Waals surface area (Å²) in [7, 11) is 0. The van der Waals surface area contributed by atoms with Crippen molar-refractivity contribution in [1.82, 2.24) is 0 Å². The number of nitriles is 1. The second-order valence-electron chi connectivity index (χ2n) is 6.10. The fourth-order valence-corrected chi connectivity index (χ4v) is 3.44. The number of nitrogens with zero attached hydrogens (tertiary/aromatic N) is 1. The zero-order valence-electron chi connectivity index (χ0n) is 12.4. The van der Waals surface area contributed by atoms with Crippen LogP contribution in [0.1, 0.15) is 63.0 Å². The first-order valence-corrected chi connectivity index (χ1v) is 7.92. The Balaban J connectivity index is 1.83. The molecular weight excluding hydrogens is 249 g/mol. The Morgan fingerprint density at radius 2 is 1.80 bits per heavy atom. The highest BCUT2D eigenvalue weighted by atomic mass is 19.1. The van der Waals surface area contributed by atoms with Crippen molar-refractivity contribution in [2.45, 2.75) is 58.3 Å². The highest BCUT2D eigenvalue weighted by Crippen LogP contribution is 2.34. The van der Waals surface area contributed by atoms with Crippen LogP contribution in [-0.4, -0.2) is 0 Å². The van der Waals surface area contributed by atoms with E-state index in [1.807, 2.05) is 12.1 Å². The highest BCUT2D eigenvalue weighted by Gasteiger charge is 2.20. The summed E-state index contributed by atoms with van der Waals surface area (Å²) in [5, 5.41) is 8.85. The molecule has 108 valence electrons. The van der Waals surface area contributed by atoms with Crippen molar-refractivity contribution in [3.05, 3.63) is 35.1 Å². The molecule has 0 bridgehead atoms. The maximum atomic E-state index is 14.0. The fraction of sp³-hybridized carbons (Fsp3) is 0.611. The number of hydrogen-bond acceptors (Lipinski definition) is 1. The van der Waals surface area contributed by atoms with Crippen molar-refractivity contribution in [2.75, 3.05) is 0 Å². The largest absolute Gasteiger partial charge is 0.205 e. The zero-order valence-corrected chi connectivity index (χ0v) is 12.4. The van der Waals surface area contributed by atoms with Crippen molar-refractivity contribution in [2.24, 2.45) is 11.8 Å². The average Bonchev–Trinajstić information content (AvgIpc) is 2.48. The molecule has 0 radical (unpaired) electrons. The molecule has 2 rings (SSSR count). The van der Waals surface area contributed by atoms with Crippen LogP contribution in [0.4, 0.5) is 4.39 Å². The standard InChI is InChI=1S/C18H24FN/c1-2-4-14-7-9-15(10-8-14)11-12-16-5-3-6-17(13-20)18(16)19/h3,5-6,14-15H,2,4,7-12H2,1H3/t14-,15-. The lowest BCUT2D eigenvalue weighted by Crippen LogP contribution is -2.15. The quantitative estimate of drug-likeness (QED) is 0.720. The summed E-state index contributed by atoms with van der Waals surface area (Å²) >= 11 is 0. The van der Waals surface area contributed by atoms with Gasteiger partial charge in [0, 0.05) is 0 Å². The van der Waals surface area contributed by atoms with Gasteiger partial charge in [0.15, 0.2) is 0 Å². The summed E-state index contributed by atoms with van der Waals surface area (Å²) in [6.45, 7) is 2.26. The van der Waals surface area contributed by atoms with Crippen LogP contribution in [0.3, 0.4) is 0 Å². The van der Waals surface area contributed by atoms with Gasteiger partial charge in [-0.3, -0.25) is 0 Å². The molecule has 0 aromatic heterocycles. The third kappa shape index (κ3) is 3.82. The molecule has 0 aliphatic heterocycles. The van der Waals surface area contributed by atoms with Gasteiger partial charge in [-0.2, -0.15) is 5.26 Å². The molecule has 0 amide bonds. The summed E-state index contributed by atoms with van der Waals surface area (Å²) in [5.41, 5.74) is 0.883. The Hall–Kier alpha value is -1.36. The Bertz CT molecular complexity index is 467. The minimum atomic E-state index is -0.310. The minimum absolute atomic E-state index is 0.175. The average molecular weight is 273 g/mol. The number of halogens is 1. The van der Waals surface area contributed by atoms with E-state index in [0.717, 1.165) is 24.7 Å². The molecule has 0 atom stereocenters. The van der Waals surface area contributed by atoms with E-state index in [0.29, 0.717) is 5.56 Å². The first-order chi connectivity index (χ1) is 9.74. The van der Waals surface area contributed by atoms with Gasteiger partial charge in [0.1, 0.15) is 11.9 Å². The third-order valence-electron chi connectivity index (χ3n) is 4.68. The molecule has 0 spiro atoms. The maximum Gasteiger partial charge on any atom is 0.144 e. The molecule has 1 aromatic carbocycles. The molecule has 0 unspecified atom stereocenters. The van der Waals surface area contributed by atoms with E-state index < -0.39 is 0 Å². The summed E-state index contributed by atoms with van der Waals surface area (Å²) in [6.07, 6.45) is 9.77. The van der Waals surface area contributed by atoms with Crippen LogP contribution in [0.2, 0.25) is 0 Å². The summed E-state index contributed by atoms with van der Waals surface area (Å²) < 4.78 is 14.0. The molecular formula is C18H24FN. The van der Waals surface area contributed by atoms with Crippen molar-refractivity contribution in [1.29, 1.82) is 5.26 Å². The van der Waals surface area contributed by atoms with Crippen LogP contribution < -0.4 is 0 Å². The van der Waals surface area contributed by atoms with Crippen LogP contribution in [0, 0.1) is 29.0 Å². The van der Waals surface area contributed by atoms with Gasteiger partial charge in [0.25, 0.3) is 0 Å². The molecule has 20 heavy (non-hydrogen) atoms. The molecule has 1 fully saturated rings. The van der Waals surface area contributed by atoms with Gasteiger partial charge in [-0.15, -0.1) is 0 Å². The second-order valence-corrected chi connectivity index (χ2v) is 6.10. The van der Waals surface area contributed by atoms with E-state index in [9.17, 15) is 4.39 Å². The second kappa shape index (κ2) is 7.43. The number of benzene rings is 1. The Labute approximate surface area is 121 Å². The maximum absolute atomic E-state index is 14.0. The van der Waals surface area contributed by atoms with Gasteiger partial charge < -0.3 is 0 Å². The molecule has 0 saturated heterocycles. The lowest BCUT2D eigenvalue weighted by atomic mass is 9.78. The summed E-state index contributed by atoms with van der Waals surface area (Å²) in [5.74, 6) is 1.36. The molecule has 1 saturated carbocycles. The van der Waals surface area contributed by atoms with Crippen LogP contribution in [0.5, 0.6) is 0 Å². The summed E-state index contributed by atoms with van der Waals surface area (Å²) in [4.78, 5) is 0. The molecule has 0 N–H and O–H groups in total. The minimum Gasteiger partial charge on any atom is -0.205 e. The SMILES string of the molecule is CCC[C@H]1CC[C@H](CCc2cccc(C#N)c2F)CC1. The summed E-state index contributed by atoms with van der Waals surface area (Å²) in [6, 6.07) is 7.07. The Kier molecular flexibility index (Phi) is 5.59. The first kappa shape index (κ1) is 15.0. The van der Waals surface area contributed by atoms with Crippen molar-refractivity contribution in [3.8, 4) is 6.07 Å². The lowest BCUT2D eigenvalue weighted by Gasteiger charge is -2.28. The third-order valence-corrected chi connectivity index (χ3v) is 4.68.